The first kappa shape index (κ1) is 22.3. The molecule has 1 unspecified atom stereocenters. The molecule has 1 N–H and O–H groups in total. The van der Waals surface area contributed by atoms with Crippen LogP contribution in [0.3, 0.4) is 0 Å². The van der Waals surface area contributed by atoms with E-state index in [1.807, 2.05) is 11.9 Å². The van der Waals surface area contributed by atoms with Crippen molar-refractivity contribution in [1.29, 1.82) is 0 Å². The van der Waals surface area contributed by atoms with Crippen LogP contribution in [0.4, 0.5) is 5.69 Å². The van der Waals surface area contributed by atoms with Gasteiger partial charge in [0.2, 0.25) is 5.91 Å². The summed E-state index contributed by atoms with van der Waals surface area (Å²) in [4.78, 5) is 20.8. The van der Waals surface area contributed by atoms with Gasteiger partial charge in [0.15, 0.2) is 5.96 Å². The molecule has 6 nitrogen and oxygen atoms in total. The van der Waals surface area contributed by atoms with Crippen molar-refractivity contribution in [3.8, 4) is 0 Å². The molecule has 7 heteroatoms. The number of amides is 1. The normalized spacial score (nSPS) is 21.3. The van der Waals surface area contributed by atoms with Crippen LogP contribution in [0.25, 0.3) is 0 Å². The predicted octanol–water partition coefficient (Wildman–Crippen LogP) is 3.22. The molecule has 160 valence electrons. The number of halogens is 1. The Balaban J connectivity index is 0.00000240. The topological polar surface area (TPSA) is 57.2 Å². The second-order valence-electron chi connectivity index (χ2n) is 8.13. The zero-order valence-corrected chi connectivity index (χ0v) is 19.6. The number of carbonyl (C=O) groups is 1. The SMILES string of the molecule is CN=C(NCCOCC1CC1)N1CC(CCN2CCCC2=O)c2ccccc21.I. The molecule has 1 saturated carbocycles. The number of nitrogens with zero attached hydrogens (tertiary/aromatic N) is 3. The number of para-hydroxylation sites is 1. The van der Waals surface area contributed by atoms with Gasteiger partial charge in [-0.25, -0.2) is 0 Å². The van der Waals surface area contributed by atoms with Gasteiger partial charge in [-0.3, -0.25) is 9.79 Å². The van der Waals surface area contributed by atoms with E-state index in [1.165, 1.54) is 24.1 Å². The Morgan fingerprint density at radius 1 is 1.31 bits per heavy atom. The van der Waals surface area contributed by atoms with Crippen molar-refractivity contribution in [2.45, 2.75) is 38.0 Å². The molecule has 1 aromatic carbocycles. The summed E-state index contributed by atoms with van der Waals surface area (Å²) in [5.74, 6) is 2.44. The Morgan fingerprint density at radius 2 is 2.14 bits per heavy atom. The Kier molecular flexibility index (Phi) is 8.17. The van der Waals surface area contributed by atoms with Crippen LogP contribution < -0.4 is 10.2 Å². The Hall–Kier alpha value is -1.35. The van der Waals surface area contributed by atoms with Gasteiger partial charge in [-0.15, -0.1) is 24.0 Å². The van der Waals surface area contributed by atoms with E-state index >= 15 is 0 Å². The molecular formula is C22H33IN4O2. The number of aliphatic imine (C=N–C) groups is 1. The van der Waals surface area contributed by atoms with E-state index in [4.69, 9.17) is 4.74 Å². The summed E-state index contributed by atoms with van der Waals surface area (Å²) in [6.45, 7) is 5.05. The van der Waals surface area contributed by atoms with Gasteiger partial charge in [-0.05, 0) is 43.2 Å². The van der Waals surface area contributed by atoms with Crippen LogP contribution in [0, 0.1) is 5.92 Å². The minimum atomic E-state index is 0. The molecule has 1 amide bonds. The molecule has 29 heavy (non-hydrogen) atoms. The maximum absolute atomic E-state index is 11.9. The minimum Gasteiger partial charge on any atom is -0.379 e. The number of rotatable bonds is 8. The highest BCUT2D eigenvalue weighted by atomic mass is 127. The van der Waals surface area contributed by atoms with Gasteiger partial charge in [-0.2, -0.15) is 0 Å². The van der Waals surface area contributed by atoms with Crippen LogP contribution in [-0.4, -0.2) is 63.2 Å². The Bertz CT molecular complexity index is 723. The van der Waals surface area contributed by atoms with Gasteiger partial charge in [0.05, 0.1) is 6.61 Å². The maximum atomic E-state index is 11.9. The van der Waals surface area contributed by atoms with E-state index in [2.05, 4.69) is 39.5 Å². The van der Waals surface area contributed by atoms with Crippen LogP contribution in [0.5, 0.6) is 0 Å². The number of guanidine groups is 1. The summed E-state index contributed by atoms with van der Waals surface area (Å²) < 4.78 is 5.74. The third-order valence-electron chi connectivity index (χ3n) is 6.04. The first-order chi connectivity index (χ1) is 13.8. The lowest BCUT2D eigenvalue weighted by molar-refractivity contribution is -0.127. The third kappa shape index (κ3) is 5.63. The lowest BCUT2D eigenvalue weighted by atomic mass is 9.98. The second-order valence-corrected chi connectivity index (χ2v) is 8.13. The fourth-order valence-electron chi connectivity index (χ4n) is 4.26. The maximum Gasteiger partial charge on any atom is 0.222 e. The standard InChI is InChI=1S/C22H32N4O2.HI/c1-23-22(24-11-14-28-16-17-8-9-17)26-15-18(19-5-2-3-6-20(19)26)10-13-25-12-4-7-21(25)27;/h2-3,5-6,17-18H,4,7-16H2,1H3,(H,23,24);1H. The summed E-state index contributed by atoms with van der Waals surface area (Å²) >= 11 is 0. The highest BCUT2D eigenvalue weighted by Gasteiger charge is 2.32. The molecule has 1 atom stereocenters. The fourth-order valence-corrected chi connectivity index (χ4v) is 4.26. The molecule has 0 spiro atoms. The number of hydrogen-bond acceptors (Lipinski definition) is 3. The Morgan fingerprint density at radius 3 is 2.86 bits per heavy atom. The van der Waals surface area contributed by atoms with Crippen LogP contribution in [-0.2, 0) is 9.53 Å². The summed E-state index contributed by atoms with van der Waals surface area (Å²) in [5.41, 5.74) is 2.59. The van der Waals surface area contributed by atoms with Crippen molar-refractivity contribution in [2.75, 3.05) is 51.3 Å². The van der Waals surface area contributed by atoms with E-state index in [1.54, 1.807) is 0 Å². The van der Waals surface area contributed by atoms with Crippen molar-refractivity contribution >= 4 is 41.5 Å². The van der Waals surface area contributed by atoms with E-state index in [0.29, 0.717) is 24.9 Å². The zero-order chi connectivity index (χ0) is 19.3. The summed E-state index contributed by atoms with van der Waals surface area (Å²) in [5, 5.41) is 3.46. The van der Waals surface area contributed by atoms with Gasteiger partial charge in [0, 0.05) is 57.9 Å². The highest BCUT2D eigenvalue weighted by molar-refractivity contribution is 14.0. The second kappa shape index (κ2) is 10.6. The number of anilines is 1. The van der Waals surface area contributed by atoms with Crippen LogP contribution >= 0.6 is 24.0 Å². The molecule has 2 aliphatic heterocycles. The molecule has 4 rings (SSSR count). The average Bonchev–Trinajstić information content (AvgIpc) is 3.34. The number of nitrogens with one attached hydrogen (secondary N) is 1. The van der Waals surface area contributed by atoms with Crippen LogP contribution in [0.2, 0.25) is 0 Å². The summed E-state index contributed by atoms with van der Waals surface area (Å²) in [6, 6.07) is 8.59. The van der Waals surface area contributed by atoms with Gasteiger partial charge < -0.3 is 19.9 Å². The van der Waals surface area contributed by atoms with Crippen molar-refractivity contribution in [3.05, 3.63) is 29.8 Å². The lowest BCUT2D eigenvalue weighted by Crippen LogP contribution is -2.42. The molecule has 0 aromatic heterocycles. The molecule has 0 radical (unpaired) electrons. The number of ether oxygens (including phenoxy) is 1. The number of hydrogen-bond donors (Lipinski definition) is 1. The molecular weight excluding hydrogens is 479 g/mol. The molecule has 1 aromatic rings. The third-order valence-corrected chi connectivity index (χ3v) is 6.04. The number of benzene rings is 1. The molecule has 1 aliphatic carbocycles. The fraction of sp³-hybridized carbons (Fsp3) is 0.636. The molecule has 2 fully saturated rings. The monoisotopic (exact) mass is 512 g/mol. The van der Waals surface area contributed by atoms with E-state index in [9.17, 15) is 4.79 Å². The van der Waals surface area contributed by atoms with Gasteiger partial charge >= 0.3 is 0 Å². The van der Waals surface area contributed by atoms with Gasteiger partial charge in [-0.1, -0.05) is 18.2 Å². The first-order valence-corrected chi connectivity index (χ1v) is 10.7. The molecule has 3 aliphatic rings. The number of likely N-dealkylation sites (tertiary alicyclic amines) is 1. The van der Waals surface area contributed by atoms with E-state index in [0.717, 1.165) is 57.5 Å². The quantitative estimate of drug-likeness (QED) is 0.252. The minimum absolute atomic E-state index is 0. The first-order valence-electron chi connectivity index (χ1n) is 10.7. The summed E-state index contributed by atoms with van der Waals surface area (Å²) in [6.07, 6.45) is 5.37. The zero-order valence-electron chi connectivity index (χ0n) is 17.3. The van der Waals surface area contributed by atoms with Gasteiger partial charge in [0.25, 0.3) is 0 Å². The summed E-state index contributed by atoms with van der Waals surface area (Å²) in [7, 11) is 1.84. The molecule has 1 saturated heterocycles. The lowest BCUT2D eigenvalue weighted by Gasteiger charge is -2.23. The van der Waals surface area contributed by atoms with E-state index < -0.39 is 0 Å². The van der Waals surface area contributed by atoms with Crippen LogP contribution in [0.15, 0.2) is 29.3 Å². The van der Waals surface area contributed by atoms with Crippen molar-refractivity contribution in [3.63, 3.8) is 0 Å². The van der Waals surface area contributed by atoms with Crippen molar-refractivity contribution in [1.82, 2.24) is 10.2 Å². The van der Waals surface area contributed by atoms with Crippen molar-refractivity contribution in [2.24, 2.45) is 10.9 Å². The van der Waals surface area contributed by atoms with Crippen molar-refractivity contribution < 1.29 is 9.53 Å². The highest BCUT2D eigenvalue weighted by Crippen LogP contribution is 2.38. The predicted molar refractivity (Wildman–Crippen MR) is 127 cm³/mol. The largest absolute Gasteiger partial charge is 0.379 e. The Labute approximate surface area is 191 Å². The van der Waals surface area contributed by atoms with Gasteiger partial charge in [0.1, 0.15) is 0 Å². The van der Waals surface area contributed by atoms with Crippen LogP contribution in [0.1, 0.15) is 43.6 Å². The molecule has 2 heterocycles. The average molecular weight is 512 g/mol. The number of fused-ring (bicyclic) bond motifs is 1. The number of carbonyl (C=O) groups excluding carboxylic acids is 1. The van der Waals surface area contributed by atoms with E-state index in [-0.39, 0.29) is 24.0 Å². The smallest absolute Gasteiger partial charge is 0.222 e. The molecule has 0 bridgehead atoms.